The van der Waals surface area contributed by atoms with E-state index in [0.717, 1.165) is 11.1 Å². The number of carbonyl (C=O) groups excluding carboxylic acids is 1. The Morgan fingerprint density at radius 2 is 1.88 bits per heavy atom. The topological polar surface area (TPSA) is 69.2 Å². The van der Waals surface area contributed by atoms with Gasteiger partial charge in [0.2, 0.25) is 0 Å². The monoisotopic (exact) mass is 550 g/mol. The molecule has 0 bridgehead atoms. The van der Waals surface area contributed by atoms with E-state index in [2.05, 4.69) is 26.4 Å². The second kappa shape index (κ2) is 11.9. The summed E-state index contributed by atoms with van der Waals surface area (Å²) in [7, 11) is 1.54. The molecule has 0 aliphatic rings. The maximum atomic E-state index is 12.0. The fourth-order valence-corrected chi connectivity index (χ4v) is 3.81. The van der Waals surface area contributed by atoms with Crippen molar-refractivity contribution in [3.8, 4) is 11.5 Å². The van der Waals surface area contributed by atoms with Gasteiger partial charge in [0.25, 0.3) is 5.91 Å². The zero-order valence-electron chi connectivity index (χ0n) is 17.9. The van der Waals surface area contributed by atoms with Gasteiger partial charge in [0.1, 0.15) is 6.61 Å². The normalized spacial score (nSPS) is 10.8. The van der Waals surface area contributed by atoms with E-state index in [1.165, 1.54) is 13.3 Å². The van der Waals surface area contributed by atoms with Gasteiger partial charge in [-0.15, -0.1) is 0 Å². The third kappa shape index (κ3) is 7.39. The van der Waals surface area contributed by atoms with Crippen molar-refractivity contribution in [2.75, 3.05) is 19.0 Å². The molecule has 0 atom stereocenters. The lowest BCUT2D eigenvalue weighted by molar-refractivity contribution is -0.120. The van der Waals surface area contributed by atoms with Gasteiger partial charge in [-0.25, -0.2) is 0 Å². The van der Waals surface area contributed by atoms with Crippen molar-refractivity contribution in [2.24, 2.45) is 5.16 Å². The molecule has 0 saturated heterocycles. The van der Waals surface area contributed by atoms with Gasteiger partial charge in [-0.3, -0.25) is 4.79 Å². The van der Waals surface area contributed by atoms with Crippen molar-refractivity contribution in [3.63, 3.8) is 0 Å². The lowest BCUT2D eigenvalue weighted by atomic mass is 10.2. The molecule has 0 aliphatic carbocycles. The Morgan fingerprint density at radius 1 is 1.12 bits per heavy atom. The van der Waals surface area contributed by atoms with E-state index in [9.17, 15) is 4.79 Å². The van der Waals surface area contributed by atoms with Gasteiger partial charge < -0.3 is 19.6 Å². The Hall–Kier alpha value is -2.74. The molecule has 6 nitrogen and oxygen atoms in total. The van der Waals surface area contributed by atoms with Crippen LogP contribution in [0.5, 0.6) is 11.5 Å². The number of nitrogens with one attached hydrogen (secondary N) is 1. The van der Waals surface area contributed by atoms with E-state index < -0.39 is 0 Å². The number of halogens is 3. The Kier molecular flexibility index (Phi) is 9.00. The lowest BCUT2D eigenvalue weighted by Crippen LogP contribution is -2.16. The van der Waals surface area contributed by atoms with Gasteiger partial charge in [-0.1, -0.05) is 52.1 Å². The van der Waals surface area contributed by atoms with Crippen LogP contribution in [0, 0.1) is 6.92 Å². The van der Waals surface area contributed by atoms with Crippen LogP contribution in [0.2, 0.25) is 10.0 Å². The van der Waals surface area contributed by atoms with Crippen molar-refractivity contribution in [1.82, 2.24) is 0 Å². The molecule has 0 spiro atoms. The molecule has 3 rings (SSSR count). The predicted octanol–water partition coefficient (Wildman–Crippen LogP) is 6.64. The number of hydrogen-bond acceptors (Lipinski definition) is 5. The van der Waals surface area contributed by atoms with E-state index in [4.69, 9.17) is 37.5 Å². The minimum absolute atomic E-state index is 0.217. The van der Waals surface area contributed by atoms with E-state index in [-0.39, 0.29) is 19.1 Å². The fraction of sp³-hybridized carbons (Fsp3) is 0.167. The zero-order valence-corrected chi connectivity index (χ0v) is 21.0. The minimum Gasteiger partial charge on any atom is -0.493 e. The standard InChI is InChI=1S/C24H21BrCl2N2O4/c1-15-3-7-19(8-4-15)29-23(30)14-33-28-12-16-9-20(25)24(22(10-16)31-2)32-13-17-5-6-18(26)11-21(17)27/h3-12H,13-14H2,1-2H3,(H,29,30)/b28-12+. The summed E-state index contributed by atoms with van der Waals surface area (Å²) >= 11 is 15.6. The SMILES string of the molecule is COc1cc(/C=N/OCC(=O)Nc2ccc(C)cc2)cc(Br)c1OCc1ccc(Cl)cc1Cl. The highest BCUT2D eigenvalue weighted by atomic mass is 79.9. The van der Waals surface area contributed by atoms with Crippen molar-refractivity contribution in [3.05, 3.63) is 85.8 Å². The van der Waals surface area contributed by atoms with E-state index in [0.29, 0.717) is 37.3 Å². The van der Waals surface area contributed by atoms with Gasteiger partial charge in [0.15, 0.2) is 18.1 Å². The van der Waals surface area contributed by atoms with Crippen molar-refractivity contribution < 1.29 is 19.1 Å². The van der Waals surface area contributed by atoms with Gasteiger partial charge in [0.05, 0.1) is 17.8 Å². The molecule has 0 aromatic heterocycles. The molecule has 1 amide bonds. The summed E-state index contributed by atoms with van der Waals surface area (Å²) in [5.74, 6) is 0.700. The number of nitrogens with zero attached hydrogens (tertiary/aromatic N) is 1. The number of ether oxygens (including phenoxy) is 2. The first-order valence-electron chi connectivity index (χ1n) is 9.82. The first-order valence-corrected chi connectivity index (χ1v) is 11.4. The van der Waals surface area contributed by atoms with Crippen LogP contribution in [0.4, 0.5) is 5.69 Å². The van der Waals surface area contributed by atoms with Crippen LogP contribution < -0.4 is 14.8 Å². The molecule has 3 aromatic rings. The van der Waals surface area contributed by atoms with Crippen LogP contribution in [-0.2, 0) is 16.2 Å². The molecule has 1 N–H and O–H groups in total. The lowest BCUT2D eigenvalue weighted by Gasteiger charge is -2.14. The third-order valence-corrected chi connectivity index (χ3v) is 5.62. The second-order valence-corrected chi connectivity index (χ2v) is 8.68. The number of hydrogen-bond donors (Lipinski definition) is 1. The number of anilines is 1. The highest BCUT2D eigenvalue weighted by Gasteiger charge is 2.13. The van der Waals surface area contributed by atoms with Crippen molar-refractivity contribution in [1.29, 1.82) is 0 Å². The van der Waals surface area contributed by atoms with Gasteiger partial charge >= 0.3 is 0 Å². The summed E-state index contributed by atoms with van der Waals surface area (Å²) < 4.78 is 12.0. The molecular formula is C24H21BrCl2N2O4. The number of benzene rings is 3. The summed E-state index contributed by atoms with van der Waals surface area (Å²) in [4.78, 5) is 17.1. The fourth-order valence-electron chi connectivity index (χ4n) is 2.77. The maximum absolute atomic E-state index is 12.0. The third-order valence-electron chi connectivity index (χ3n) is 4.45. The smallest absolute Gasteiger partial charge is 0.265 e. The molecule has 172 valence electrons. The van der Waals surface area contributed by atoms with Crippen LogP contribution in [0.15, 0.2) is 64.2 Å². The van der Waals surface area contributed by atoms with Crippen LogP contribution in [0.3, 0.4) is 0 Å². The average Bonchev–Trinajstić information content (AvgIpc) is 2.78. The van der Waals surface area contributed by atoms with Gasteiger partial charge in [0, 0.05) is 26.9 Å². The number of aryl methyl sites for hydroxylation is 1. The highest BCUT2D eigenvalue weighted by Crippen LogP contribution is 2.37. The maximum Gasteiger partial charge on any atom is 0.265 e. The summed E-state index contributed by atoms with van der Waals surface area (Å²) in [5, 5.41) is 7.68. The Morgan fingerprint density at radius 3 is 2.58 bits per heavy atom. The van der Waals surface area contributed by atoms with Crippen LogP contribution in [-0.4, -0.2) is 25.8 Å². The first-order chi connectivity index (χ1) is 15.9. The molecule has 0 radical (unpaired) electrons. The highest BCUT2D eigenvalue weighted by molar-refractivity contribution is 9.10. The summed E-state index contributed by atoms with van der Waals surface area (Å²) in [5.41, 5.74) is 3.29. The molecule has 33 heavy (non-hydrogen) atoms. The summed E-state index contributed by atoms with van der Waals surface area (Å²) in [6.45, 7) is 1.99. The minimum atomic E-state index is -0.306. The van der Waals surface area contributed by atoms with E-state index >= 15 is 0 Å². The Bertz CT molecular complexity index is 1150. The molecule has 0 heterocycles. The number of amides is 1. The quantitative estimate of drug-likeness (QED) is 0.239. The molecular weight excluding hydrogens is 531 g/mol. The largest absolute Gasteiger partial charge is 0.493 e. The molecule has 3 aromatic carbocycles. The first kappa shape index (κ1) is 24.9. The Balaban J connectivity index is 1.58. The number of oxime groups is 1. The predicted molar refractivity (Wildman–Crippen MR) is 135 cm³/mol. The molecule has 0 aliphatic heterocycles. The second-order valence-electron chi connectivity index (χ2n) is 6.98. The Labute approximate surface area is 210 Å². The van der Waals surface area contributed by atoms with Crippen LogP contribution in [0.25, 0.3) is 0 Å². The van der Waals surface area contributed by atoms with Gasteiger partial charge in [-0.2, -0.15) is 0 Å². The number of methoxy groups -OCH3 is 1. The van der Waals surface area contributed by atoms with Crippen molar-refractivity contribution in [2.45, 2.75) is 13.5 Å². The molecule has 0 fully saturated rings. The van der Waals surface area contributed by atoms with E-state index in [1.807, 2.05) is 31.2 Å². The van der Waals surface area contributed by atoms with Crippen LogP contribution >= 0.6 is 39.1 Å². The average molecular weight is 552 g/mol. The molecule has 9 heteroatoms. The summed E-state index contributed by atoms with van der Waals surface area (Å²) in [6.07, 6.45) is 1.48. The van der Waals surface area contributed by atoms with Crippen LogP contribution in [0.1, 0.15) is 16.7 Å². The van der Waals surface area contributed by atoms with Gasteiger partial charge in [-0.05, 0) is 59.3 Å². The van der Waals surface area contributed by atoms with E-state index in [1.54, 1.807) is 30.3 Å². The van der Waals surface area contributed by atoms with Crippen molar-refractivity contribution >= 4 is 56.9 Å². The molecule has 0 unspecified atom stereocenters. The number of carbonyl (C=O) groups is 1. The molecule has 0 saturated carbocycles. The zero-order chi connectivity index (χ0) is 23.8. The number of rotatable bonds is 9. The summed E-state index contributed by atoms with van der Waals surface area (Å²) in [6, 6.07) is 16.2.